The van der Waals surface area contributed by atoms with Crippen molar-refractivity contribution >= 4 is 17.1 Å². The molecular weight excluding hydrogens is 310 g/mol. The molecule has 136 valence electrons. The molecule has 0 saturated heterocycles. The lowest BCUT2D eigenvalue weighted by atomic mass is 9.91. The van der Waals surface area contributed by atoms with Crippen LogP contribution < -0.4 is 15.2 Å². The van der Waals surface area contributed by atoms with Crippen molar-refractivity contribution in [2.45, 2.75) is 32.6 Å². The van der Waals surface area contributed by atoms with Crippen LogP contribution in [0.4, 0.5) is 11.4 Å². The number of hydrazone groups is 1. The summed E-state index contributed by atoms with van der Waals surface area (Å²) >= 11 is 0. The summed E-state index contributed by atoms with van der Waals surface area (Å²) in [7, 11) is 6.18. The third kappa shape index (κ3) is 4.15. The third-order valence-corrected chi connectivity index (χ3v) is 5.02. The maximum absolute atomic E-state index is 4.81. The zero-order valence-corrected chi connectivity index (χ0v) is 16.1. The molecule has 0 atom stereocenters. The van der Waals surface area contributed by atoms with Crippen LogP contribution in [0.25, 0.3) is 0 Å². The van der Waals surface area contributed by atoms with Gasteiger partial charge in [0.1, 0.15) is 6.20 Å². The number of nitrogens with two attached hydrogens (primary N) is 1. The number of rotatable bonds is 6. The SMILES string of the molecule is C[NH2+]/C=C\N(C)C/C(C)=N/N(C)c1cc2c3c(c1)CCCN3CCC2. The Morgan fingerprint density at radius 3 is 2.44 bits per heavy atom. The summed E-state index contributed by atoms with van der Waals surface area (Å²) in [5.41, 5.74) is 6.88. The summed E-state index contributed by atoms with van der Waals surface area (Å²) in [5.74, 6) is 0. The van der Waals surface area contributed by atoms with E-state index >= 15 is 0 Å². The molecule has 0 saturated carbocycles. The van der Waals surface area contributed by atoms with E-state index in [1.54, 1.807) is 0 Å². The fourth-order valence-electron chi connectivity index (χ4n) is 3.96. The molecule has 0 unspecified atom stereocenters. The summed E-state index contributed by atoms with van der Waals surface area (Å²) < 4.78 is 0. The molecule has 2 aliphatic heterocycles. The van der Waals surface area contributed by atoms with Gasteiger partial charge in [0.25, 0.3) is 0 Å². The number of hydrogen-bond donors (Lipinski definition) is 1. The van der Waals surface area contributed by atoms with Gasteiger partial charge in [0.05, 0.1) is 31.2 Å². The molecule has 2 heterocycles. The van der Waals surface area contributed by atoms with Crippen molar-refractivity contribution in [1.82, 2.24) is 4.90 Å². The molecule has 0 fully saturated rings. The van der Waals surface area contributed by atoms with E-state index in [2.05, 4.69) is 55.4 Å². The van der Waals surface area contributed by atoms with Crippen molar-refractivity contribution in [3.8, 4) is 0 Å². The van der Waals surface area contributed by atoms with E-state index in [9.17, 15) is 0 Å². The number of aryl methyl sites for hydroxylation is 2. The maximum atomic E-state index is 4.81. The zero-order valence-electron chi connectivity index (χ0n) is 16.1. The van der Waals surface area contributed by atoms with Crippen molar-refractivity contribution in [2.75, 3.05) is 50.7 Å². The topological polar surface area (TPSA) is 38.7 Å². The van der Waals surface area contributed by atoms with E-state index in [-0.39, 0.29) is 0 Å². The summed E-state index contributed by atoms with van der Waals surface area (Å²) in [6, 6.07) is 4.70. The van der Waals surface area contributed by atoms with Crippen molar-refractivity contribution < 1.29 is 5.32 Å². The summed E-state index contributed by atoms with van der Waals surface area (Å²) in [6.45, 7) is 5.38. The van der Waals surface area contributed by atoms with Gasteiger partial charge < -0.3 is 15.1 Å². The fraction of sp³-hybridized carbons (Fsp3) is 0.550. The molecule has 0 spiro atoms. The molecule has 2 aliphatic rings. The van der Waals surface area contributed by atoms with Gasteiger partial charge in [-0.3, -0.25) is 5.01 Å². The molecule has 0 bridgehead atoms. The quantitative estimate of drug-likeness (QED) is 0.633. The highest BCUT2D eigenvalue weighted by Gasteiger charge is 2.24. The van der Waals surface area contributed by atoms with Crippen molar-refractivity contribution in [3.05, 3.63) is 35.7 Å². The second-order valence-electron chi connectivity index (χ2n) is 7.26. The zero-order chi connectivity index (χ0) is 17.8. The molecule has 5 heteroatoms. The molecule has 0 amide bonds. The van der Waals surface area contributed by atoms with Crippen LogP contribution in [0, 0.1) is 0 Å². The lowest BCUT2D eigenvalue weighted by Gasteiger charge is -2.37. The van der Waals surface area contributed by atoms with E-state index in [0.29, 0.717) is 0 Å². The first kappa shape index (κ1) is 17.8. The van der Waals surface area contributed by atoms with Crippen LogP contribution in [0.1, 0.15) is 30.9 Å². The average Bonchev–Trinajstić information content (AvgIpc) is 2.60. The standard InChI is InChI=1S/C20H31N5/c1-16(15-23(3)12-9-21-2)22-24(4)19-13-17-7-5-10-25-11-6-8-18(14-19)20(17)25/h9,12-14,21H,5-8,10-11,15H2,1-4H3/p+1/b12-9-,22-16+. The lowest BCUT2D eigenvalue weighted by molar-refractivity contribution is -0.557. The van der Waals surface area contributed by atoms with Crippen LogP contribution in [-0.2, 0) is 12.8 Å². The first-order valence-corrected chi connectivity index (χ1v) is 9.43. The van der Waals surface area contributed by atoms with Gasteiger partial charge in [0.2, 0.25) is 0 Å². The highest BCUT2D eigenvalue weighted by atomic mass is 15.4. The predicted octanol–water partition coefficient (Wildman–Crippen LogP) is 1.79. The van der Waals surface area contributed by atoms with Crippen molar-refractivity contribution in [2.24, 2.45) is 5.10 Å². The van der Waals surface area contributed by atoms with Gasteiger partial charge >= 0.3 is 0 Å². The van der Waals surface area contributed by atoms with Crippen molar-refractivity contribution in [3.63, 3.8) is 0 Å². The first-order chi connectivity index (χ1) is 12.1. The summed E-state index contributed by atoms with van der Waals surface area (Å²) in [5, 5.41) is 8.89. The average molecular weight is 343 g/mol. The summed E-state index contributed by atoms with van der Waals surface area (Å²) in [6.07, 6.45) is 9.07. The van der Waals surface area contributed by atoms with E-state index < -0.39 is 0 Å². The Bertz CT molecular complexity index is 633. The molecule has 1 aromatic carbocycles. The van der Waals surface area contributed by atoms with Gasteiger partial charge in [-0.25, -0.2) is 0 Å². The van der Waals surface area contributed by atoms with Crippen LogP contribution in [0.15, 0.2) is 29.6 Å². The Labute approximate surface area is 152 Å². The van der Waals surface area contributed by atoms with Gasteiger partial charge in [-0.1, -0.05) is 0 Å². The molecule has 25 heavy (non-hydrogen) atoms. The fourth-order valence-corrected chi connectivity index (χ4v) is 3.96. The molecular formula is C20H32N5+. The normalized spacial score (nSPS) is 17.0. The predicted molar refractivity (Wildman–Crippen MR) is 106 cm³/mol. The number of nitrogens with zero attached hydrogens (tertiary/aromatic N) is 4. The number of anilines is 2. The minimum Gasteiger partial charge on any atom is -0.371 e. The van der Waals surface area contributed by atoms with E-state index in [0.717, 1.165) is 12.3 Å². The molecule has 2 N–H and O–H groups in total. The van der Waals surface area contributed by atoms with Gasteiger partial charge in [-0.2, -0.15) is 5.10 Å². The van der Waals surface area contributed by atoms with Crippen LogP contribution in [0.2, 0.25) is 0 Å². The Kier molecular flexibility index (Phi) is 5.63. The van der Waals surface area contributed by atoms with Gasteiger partial charge in [0.15, 0.2) is 0 Å². The molecule has 3 rings (SSSR count). The monoisotopic (exact) mass is 342 g/mol. The first-order valence-electron chi connectivity index (χ1n) is 9.43. The van der Waals surface area contributed by atoms with Crippen LogP contribution >= 0.6 is 0 Å². The second-order valence-corrected chi connectivity index (χ2v) is 7.26. The van der Waals surface area contributed by atoms with Crippen LogP contribution in [0.5, 0.6) is 0 Å². The Morgan fingerprint density at radius 1 is 1.20 bits per heavy atom. The number of quaternary nitrogens is 1. The smallest absolute Gasteiger partial charge is 0.108 e. The van der Waals surface area contributed by atoms with Gasteiger partial charge in [-0.05, 0) is 55.9 Å². The molecule has 1 aromatic rings. The molecule has 0 aliphatic carbocycles. The highest BCUT2D eigenvalue weighted by Crippen LogP contribution is 2.38. The number of benzene rings is 1. The minimum atomic E-state index is 0.834. The molecule has 0 radical (unpaired) electrons. The van der Waals surface area contributed by atoms with Crippen LogP contribution in [0.3, 0.4) is 0 Å². The van der Waals surface area contributed by atoms with E-state index in [1.807, 2.05) is 17.4 Å². The molecule has 0 aromatic heterocycles. The Morgan fingerprint density at radius 2 is 1.84 bits per heavy atom. The Hall–Kier alpha value is -2.01. The van der Waals surface area contributed by atoms with Gasteiger partial charge in [0, 0.05) is 32.9 Å². The number of hydrogen-bond acceptors (Lipinski definition) is 4. The molecule has 5 nitrogen and oxygen atoms in total. The Balaban J connectivity index is 1.77. The van der Waals surface area contributed by atoms with Crippen LogP contribution in [-0.4, -0.2) is 51.4 Å². The lowest BCUT2D eigenvalue weighted by Crippen LogP contribution is -2.72. The second kappa shape index (κ2) is 7.91. The summed E-state index contributed by atoms with van der Waals surface area (Å²) in [4.78, 5) is 4.74. The largest absolute Gasteiger partial charge is 0.371 e. The minimum absolute atomic E-state index is 0.834. The highest BCUT2D eigenvalue weighted by molar-refractivity contribution is 5.85. The third-order valence-electron chi connectivity index (χ3n) is 5.02. The maximum Gasteiger partial charge on any atom is 0.108 e. The van der Waals surface area contributed by atoms with Crippen molar-refractivity contribution in [1.29, 1.82) is 0 Å². The van der Waals surface area contributed by atoms with Gasteiger partial charge in [-0.15, -0.1) is 0 Å². The van der Waals surface area contributed by atoms with E-state index in [1.165, 1.54) is 61.3 Å². The van der Waals surface area contributed by atoms with E-state index in [4.69, 9.17) is 5.10 Å².